The molecule has 0 aliphatic carbocycles. The average molecular weight is 330 g/mol. The third-order valence-corrected chi connectivity index (χ3v) is 4.30. The molecule has 0 saturated carbocycles. The number of hydrogen-bond acceptors (Lipinski definition) is 4. The minimum Gasteiger partial charge on any atom is -0.333 e. The largest absolute Gasteiger partial charge is 0.333 e. The lowest BCUT2D eigenvalue weighted by Crippen LogP contribution is -2.42. The molecule has 3 rings (SSSR count). The number of amides is 1. The molecule has 1 amide bonds. The number of carbonyl (C=O) groups is 1. The summed E-state index contributed by atoms with van der Waals surface area (Å²) >= 11 is 0. The SMILES string of the molecule is Cc1cc(=O)c(C(=O)N2CCCC2CN)nn1-c1ccccc1F. The van der Waals surface area contributed by atoms with Crippen molar-refractivity contribution < 1.29 is 9.18 Å². The topological polar surface area (TPSA) is 81.2 Å². The maximum atomic E-state index is 14.1. The molecule has 1 aromatic carbocycles. The summed E-state index contributed by atoms with van der Waals surface area (Å²) in [7, 11) is 0. The Labute approximate surface area is 138 Å². The first-order valence-corrected chi connectivity index (χ1v) is 7.90. The zero-order valence-electron chi connectivity index (χ0n) is 13.4. The van der Waals surface area contributed by atoms with Crippen LogP contribution >= 0.6 is 0 Å². The number of hydrogen-bond donors (Lipinski definition) is 1. The van der Waals surface area contributed by atoms with Gasteiger partial charge in [-0.15, -0.1) is 0 Å². The van der Waals surface area contributed by atoms with Gasteiger partial charge in [0, 0.05) is 30.9 Å². The molecule has 2 N–H and O–H groups in total. The summed E-state index contributed by atoms with van der Waals surface area (Å²) in [4.78, 5) is 26.6. The molecule has 1 saturated heterocycles. The Kier molecular flexibility index (Phi) is 4.44. The molecule has 1 fully saturated rings. The fourth-order valence-corrected chi connectivity index (χ4v) is 3.05. The lowest BCUT2D eigenvalue weighted by molar-refractivity contribution is 0.0731. The van der Waals surface area contributed by atoms with Gasteiger partial charge in [-0.1, -0.05) is 12.1 Å². The van der Waals surface area contributed by atoms with Crippen molar-refractivity contribution in [3.63, 3.8) is 0 Å². The summed E-state index contributed by atoms with van der Waals surface area (Å²) in [5, 5.41) is 4.15. The van der Waals surface area contributed by atoms with E-state index in [1.54, 1.807) is 30.0 Å². The highest BCUT2D eigenvalue weighted by Gasteiger charge is 2.31. The van der Waals surface area contributed by atoms with Crippen LogP contribution < -0.4 is 11.2 Å². The number of nitrogens with zero attached hydrogens (tertiary/aromatic N) is 3. The maximum absolute atomic E-state index is 14.1. The van der Waals surface area contributed by atoms with Gasteiger partial charge in [0.1, 0.15) is 11.5 Å². The van der Waals surface area contributed by atoms with Crippen LogP contribution in [-0.2, 0) is 0 Å². The second-order valence-corrected chi connectivity index (χ2v) is 5.89. The number of nitrogens with two attached hydrogens (primary N) is 1. The van der Waals surface area contributed by atoms with Gasteiger partial charge in [-0.05, 0) is 31.9 Å². The van der Waals surface area contributed by atoms with E-state index in [4.69, 9.17) is 5.73 Å². The van der Waals surface area contributed by atoms with E-state index in [2.05, 4.69) is 5.10 Å². The molecule has 0 spiro atoms. The fourth-order valence-electron chi connectivity index (χ4n) is 3.05. The first kappa shape index (κ1) is 16.3. The fraction of sp³-hybridized carbons (Fsp3) is 0.353. The van der Waals surface area contributed by atoms with E-state index in [9.17, 15) is 14.0 Å². The molecule has 1 aliphatic rings. The highest BCUT2D eigenvalue weighted by molar-refractivity contribution is 5.92. The third-order valence-electron chi connectivity index (χ3n) is 4.30. The normalized spacial score (nSPS) is 17.3. The summed E-state index contributed by atoms with van der Waals surface area (Å²) in [5.74, 6) is -0.922. The molecule has 1 atom stereocenters. The Morgan fingerprint density at radius 1 is 1.42 bits per heavy atom. The number of aromatic nitrogens is 2. The van der Waals surface area contributed by atoms with Crippen LogP contribution in [0, 0.1) is 12.7 Å². The van der Waals surface area contributed by atoms with Crippen LogP contribution in [-0.4, -0.2) is 39.7 Å². The average Bonchev–Trinajstić information content (AvgIpc) is 3.04. The first-order valence-electron chi connectivity index (χ1n) is 7.90. The Bertz CT molecular complexity index is 834. The smallest absolute Gasteiger partial charge is 0.278 e. The lowest BCUT2D eigenvalue weighted by atomic mass is 10.2. The van der Waals surface area contributed by atoms with E-state index >= 15 is 0 Å². The second-order valence-electron chi connectivity index (χ2n) is 5.89. The van der Waals surface area contributed by atoms with E-state index in [-0.39, 0.29) is 17.4 Å². The van der Waals surface area contributed by atoms with Crippen LogP contribution in [0.2, 0.25) is 0 Å². The van der Waals surface area contributed by atoms with Crippen LogP contribution in [0.15, 0.2) is 35.1 Å². The van der Waals surface area contributed by atoms with E-state index in [1.165, 1.54) is 16.8 Å². The summed E-state index contributed by atoms with van der Waals surface area (Å²) in [6.07, 6.45) is 1.66. The van der Waals surface area contributed by atoms with Gasteiger partial charge in [-0.3, -0.25) is 9.59 Å². The summed E-state index contributed by atoms with van der Waals surface area (Å²) in [5.41, 5.74) is 5.68. The molecule has 1 aliphatic heterocycles. The number of rotatable bonds is 3. The molecule has 0 bridgehead atoms. The number of benzene rings is 1. The summed E-state index contributed by atoms with van der Waals surface area (Å²) in [6.45, 7) is 2.54. The first-order chi connectivity index (χ1) is 11.5. The molecule has 24 heavy (non-hydrogen) atoms. The Morgan fingerprint density at radius 3 is 2.88 bits per heavy atom. The van der Waals surface area contributed by atoms with Crippen LogP contribution in [0.5, 0.6) is 0 Å². The number of likely N-dealkylation sites (tertiary alicyclic amines) is 1. The number of carbonyl (C=O) groups excluding carboxylic acids is 1. The van der Waals surface area contributed by atoms with Crippen molar-refractivity contribution in [3.8, 4) is 5.69 Å². The van der Waals surface area contributed by atoms with Crippen molar-refractivity contribution in [2.75, 3.05) is 13.1 Å². The summed E-state index contributed by atoms with van der Waals surface area (Å²) < 4.78 is 15.3. The molecule has 6 nitrogen and oxygen atoms in total. The predicted molar refractivity (Wildman–Crippen MR) is 87.6 cm³/mol. The van der Waals surface area contributed by atoms with Crippen LogP contribution in [0.3, 0.4) is 0 Å². The zero-order valence-corrected chi connectivity index (χ0v) is 13.4. The molecule has 126 valence electrons. The highest BCUT2D eigenvalue weighted by Crippen LogP contribution is 2.18. The van der Waals surface area contributed by atoms with Gasteiger partial charge >= 0.3 is 0 Å². The van der Waals surface area contributed by atoms with Crippen molar-refractivity contribution in [2.45, 2.75) is 25.8 Å². The molecule has 1 aromatic heterocycles. The van der Waals surface area contributed by atoms with Crippen molar-refractivity contribution in [3.05, 3.63) is 57.8 Å². The van der Waals surface area contributed by atoms with E-state index < -0.39 is 17.2 Å². The van der Waals surface area contributed by atoms with Gasteiger partial charge in [0.05, 0.1) is 0 Å². The van der Waals surface area contributed by atoms with Gasteiger partial charge in [0.15, 0.2) is 5.69 Å². The number of aryl methyl sites for hydroxylation is 1. The minimum absolute atomic E-state index is 0.0816. The molecular weight excluding hydrogens is 311 g/mol. The molecular formula is C17H19FN4O2. The Morgan fingerprint density at radius 2 is 2.17 bits per heavy atom. The molecule has 2 heterocycles. The van der Waals surface area contributed by atoms with Gasteiger partial charge in [-0.2, -0.15) is 5.10 Å². The minimum atomic E-state index is -0.476. The molecule has 7 heteroatoms. The van der Waals surface area contributed by atoms with E-state index in [1.807, 2.05) is 0 Å². The van der Waals surface area contributed by atoms with Gasteiger partial charge < -0.3 is 10.6 Å². The molecule has 2 aromatic rings. The van der Waals surface area contributed by atoms with Crippen LogP contribution in [0.4, 0.5) is 4.39 Å². The number of halogens is 1. The van der Waals surface area contributed by atoms with Crippen molar-refractivity contribution in [2.24, 2.45) is 5.73 Å². The molecule has 1 unspecified atom stereocenters. The predicted octanol–water partition coefficient (Wildman–Crippen LogP) is 1.24. The third kappa shape index (κ3) is 2.82. The zero-order chi connectivity index (χ0) is 17.3. The van der Waals surface area contributed by atoms with Crippen LogP contribution in [0.1, 0.15) is 29.0 Å². The second kappa shape index (κ2) is 6.52. The van der Waals surface area contributed by atoms with E-state index in [0.717, 1.165) is 12.8 Å². The van der Waals surface area contributed by atoms with Crippen LogP contribution in [0.25, 0.3) is 5.69 Å². The molecule has 0 radical (unpaired) electrons. The van der Waals surface area contributed by atoms with Crippen molar-refractivity contribution in [1.82, 2.24) is 14.7 Å². The lowest BCUT2D eigenvalue weighted by Gasteiger charge is -2.23. The highest BCUT2D eigenvalue weighted by atomic mass is 19.1. The van der Waals surface area contributed by atoms with Crippen molar-refractivity contribution >= 4 is 5.91 Å². The Balaban J connectivity index is 2.07. The summed E-state index contributed by atoms with van der Waals surface area (Å²) in [6, 6.07) is 7.32. The van der Waals surface area contributed by atoms with E-state index in [0.29, 0.717) is 18.8 Å². The van der Waals surface area contributed by atoms with Gasteiger partial charge in [0.25, 0.3) is 5.91 Å². The monoisotopic (exact) mass is 330 g/mol. The van der Waals surface area contributed by atoms with Gasteiger partial charge in [-0.25, -0.2) is 9.07 Å². The maximum Gasteiger partial charge on any atom is 0.278 e. The van der Waals surface area contributed by atoms with Gasteiger partial charge in [0.2, 0.25) is 5.43 Å². The van der Waals surface area contributed by atoms with Crippen molar-refractivity contribution in [1.29, 1.82) is 0 Å². The quantitative estimate of drug-likeness (QED) is 0.918. The Hall–Kier alpha value is -2.54. The number of para-hydroxylation sites is 1. The standard InChI is InChI=1S/C17H19FN4O2/c1-11-9-15(23)16(17(24)21-8-4-5-12(21)10-19)20-22(11)14-7-3-2-6-13(14)18/h2-3,6-7,9,12H,4-5,8,10,19H2,1H3.